The molecule has 1 aliphatic heterocycles. The van der Waals surface area contributed by atoms with Crippen LogP contribution < -0.4 is 0 Å². The highest BCUT2D eigenvalue weighted by atomic mass is 35.5. The largest absolute Gasteiger partial charge is 0.346 e. The molecule has 154 valence electrons. The van der Waals surface area contributed by atoms with Crippen molar-refractivity contribution in [3.63, 3.8) is 0 Å². The van der Waals surface area contributed by atoms with Crippen molar-refractivity contribution >= 4 is 22.6 Å². The molecular formula is C23H23ClFN5. The van der Waals surface area contributed by atoms with Crippen molar-refractivity contribution in [1.29, 1.82) is 0 Å². The fraction of sp³-hybridized carbons (Fsp3) is 0.304. The maximum atomic E-state index is 13.5. The van der Waals surface area contributed by atoms with E-state index in [0.29, 0.717) is 5.92 Å². The predicted octanol–water partition coefficient (Wildman–Crippen LogP) is 5.43. The zero-order valence-corrected chi connectivity index (χ0v) is 17.5. The molecule has 4 aromatic rings. The Labute approximate surface area is 179 Å². The molecule has 0 spiro atoms. The highest BCUT2D eigenvalue weighted by molar-refractivity contribution is 6.31. The molecular weight excluding hydrogens is 401 g/mol. The molecule has 0 amide bonds. The first-order chi connectivity index (χ1) is 14.6. The second kappa shape index (κ2) is 7.85. The number of H-pyrrole nitrogens is 2. The Kier molecular flexibility index (Phi) is 5.05. The first-order valence-electron chi connectivity index (χ1n) is 10.2. The predicted molar refractivity (Wildman–Crippen MR) is 117 cm³/mol. The first kappa shape index (κ1) is 19.3. The number of aryl methyl sites for hydroxylation is 1. The molecule has 1 aromatic carbocycles. The molecule has 0 radical (unpaired) electrons. The Morgan fingerprint density at radius 3 is 2.87 bits per heavy atom. The van der Waals surface area contributed by atoms with Crippen LogP contribution in [0.1, 0.15) is 35.7 Å². The van der Waals surface area contributed by atoms with E-state index in [4.69, 9.17) is 16.6 Å². The molecule has 0 atom stereocenters. The van der Waals surface area contributed by atoms with Gasteiger partial charge in [-0.3, -0.25) is 4.90 Å². The van der Waals surface area contributed by atoms with Crippen LogP contribution >= 0.6 is 11.6 Å². The Morgan fingerprint density at radius 1 is 1.23 bits per heavy atom. The molecule has 0 aliphatic carbocycles. The number of hydrogen-bond acceptors (Lipinski definition) is 3. The van der Waals surface area contributed by atoms with E-state index in [-0.39, 0.29) is 5.02 Å². The van der Waals surface area contributed by atoms with Gasteiger partial charge in [0.05, 0.1) is 10.7 Å². The van der Waals surface area contributed by atoms with Crippen LogP contribution in [0.3, 0.4) is 0 Å². The van der Waals surface area contributed by atoms with Crippen molar-refractivity contribution in [3.8, 4) is 11.4 Å². The lowest BCUT2D eigenvalue weighted by molar-refractivity contribution is 0.203. The quantitative estimate of drug-likeness (QED) is 0.460. The van der Waals surface area contributed by atoms with Gasteiger partial charge >= 0.3 is 0 Å². The van der Waals surface area contributed by atoms with Crippen molar-refractivity contribution in [2.75, 3.05) is 13.1 Å². The van der Waals surface area contributed by atoms with Crippen molar-refractivity contribution < 1.29 is 4.39 Å². The fourth-order valence-electron chi connectivity index (χ4n) is 4.36. The van der Waals surface area contributed by atoms with Crippen LogP contribution in [0, 0.1) is 12.7 Å². The van der Waals surface area contributed by atoms with Gasteiger partial charge in [0.25, 0.3) is 0 Å². The lowest BCUT2D eigenvalue weighted by atomic mass is 9.89. The lowest BCUT2D eigenvalue weighted by Crippen LogP contribution is -2.32. The molecule has 5 nitrogen and oxygen atoms in total. The van der Waals surface area contributed by atoms with Crippen molar-refractivity contribution in [1.82, 2.24) is 24.8 Å². The fourth-order valence-corrected chi connectivity index (χ4v) is 4.54. The van der Waals surface area contributed by atoms with Gasteiger partial charge in [-0.1, -0.05) is 11.6 Å². The number of likely N-dealkylation sites (tertiary alicyclic amines) is 1. The summed E-state index contributed by atoms with van der Waals surface area (Å²) < 4.78 is 13.5. The van der Waals surface area contributed by atoms with E-state index in [0.717, 1.165) is 60.9 Å². The third-order valence-electron chi connectivity index (χ3n) is 6.06. The third kappa shape index (κ3) is 3.61. The summed E-state index contributed by atoms with van der Waals surface area (Å²) in [6.07, 6.45) is 6.18. The molecule has 30 heavy (non-hydrogen) atoms. The van der Waals surface area contributed by atoms with Crippen LogP contribution in [-0.4, -0.2) is 37.9 Å². The standard InChI is InChI=1S/C23H23ClFN5/c1-14-21(29-22(28-14)16-4-5-20(25)19(24)11-16)13-30-9-6-15(7-10-30)18-12-27-23-17(18)3-2-8-26-23/h2-5,8,11-12,15H,6-7,9-10,13H2,1H3,(H,26,27)(H,28,29). The van der Waals surface area contributed by atoms with Crippen molar-refractivity contribution in [2.45, 2.75) is 32.2 Å². The van der Waals surface area contributed by atoms with Gasteiger partial charge in [-0.15, -0.1) is 0 Å². The number of rotatable bonds is 4. The number of imidazole rings is 1. The van der Waals surface area contributed by atoms with Crippen molar-refractivity contribution in [2.24, 2.45) is 0 Å². The van der Waals surface area contributed by atoms with E-state index >= 15 is 0 Å². The molecule has 2 N–H and O–H groups in total. The van der Waals surface area contributed by atoms with Gasteiger partial charge in [0.15, 0.2) is 0 Å². The van der Waals surface area contributed by atoms with Crippen LogP contribution in [0.25, 0.3) is 22.4 Å². The maximum absolute atomic E-state index is 13.5. The molecule has 1 saturated heterocycles. The average Bonchev–Trinajstić information content (AvgIpc) is 3.35. The number of pyridine rings is 1. The zero-order valence-electron chi connectivity index (χ0n) is 16.8. The van der Waals surface area contributed by atoms with Crippen LogP contribution in [0.2, 0.25) is 5.02 Å². The lowest BCUT2D eigenvalue weighted by Gasteiger charge is -2.31. The third-order valence-corrected chi connectivity index (χ3v) is 6.35. The minimum Gasteiger partial charge on any atom is -0.346 e. The number of nitrogens with zero attached hydrogens (tertiary/aromatic N) is 3. The summed E-state index contributed by atoms with van der Waals surface area (Å²) in [7, 11) is 0. The summed E-state index contributed by atoms with van der Waals surface area (Å²) in [4.78, 5) is 18.2. The van der Waals surface area contributed by atoms with Gasteiger partial charge in [-0.2, -0.15) is 0 Å². The first-order valence-corrected chi connectivity index (χ1v) is 10.6. The SMILES string of the molecule is Cc1[nH]c(-c2ccc(F)c(Cl)c2)nc1CN1CCC(c2c[nH]c3ncccc23)CC1. The number of halogens is 2. The molecule has 1 fully saturated rings. The summed E-state index contributed by atoms with van der Waals surface area (Å²) in [6, 6.07) is 8.84. The highest BCUT2D eigenvalue weighted by Crippen LogP contribution is 2.33. The Bertz CT molecular complexity index is 1190. The summed E-state index contributed by atoms with van der Waals surface area (Å²) >= 11 is 5.93. The normalized spacial score (nSPS) is 15.8. The van der Waals surface area contributed by atoms with Crippen molar-refractivity contribution in [3.05, 3.63) is 70.5 Å². The van der Waals surface area contributed by atoms with Gasteiger partial charge < -0.3 is 9.97 Å². The van der Waals surface area contributed by atoms with Crippen LogP contribution in [0.5, 0.6) is 0 Å². The summed E-state index contributed by atoms with van der Waals surface area (Å²) in [5.74, 6) is 0.861. The van der Waals surface area contributed by atoms with E-state index in [1.54, 1.807) is 12.1 Å². The number of benzene rings is 1. The van der Waals surface area contributed by atoms with Crippen LogP contribution in [0.15, 0.2) is 42.7 Å². The van der Waals surface area contributed by atoms with Gasteiger partial charge in [0.2, 0.25) is 0 Å². The number of piperidine rings is 1. The minimum atomic E-state index is -0.419. The number of aromatic amines is 2. The van der Waals surface area contributed by atoms with Gasteiger partial charge in [0, 0.05) is 35.6 Å². The summed E-state index contributed by atoms with van der Waals surface area (Å²) in [5, 5.41) is 1.35. The number of hydrogen-bond donors (Lipinski definition) is 2. The molecule has 0 saturated carbocycles. The monoisotopic (exact) mass is 423 g/mol. The maximum Gasteiger partial charge on any atom is 0.141 e. The number of aromatic nitrogens is 4. The minimum absolute atomic E-state index is 0.109. The average molecular weight is 424 g/mol. The van der Waals surface area contributed by atoms with E-state index in [2.05, 4.69) is 32.1 Å². The highest BCUT2D eigenvalue weighted by Gasteiger charge is 2.24. The van der Waals surface area contributed by atoms with E-state index < -0.39 is 5.82 Å². The van der Waals surface area contributed by atoms with Gasteiger partial charge in [-0.05, 0) is 74.7 Å². The van der Waals surface area contributed by atoms with Gasteiger partial charge in [-0.25, -0.2) is 14.4 Å². The Morgan fingerprint density at radius 2 is 2.07 bits per heavy atom. The summed E-state index contributed by atoms with van der Waals surface area (Å²) in [5.41, 5.74) is 5.21. The molecule has 0 bridgehead atoms. The molecule has 5 rings (SSSR count). The second-order valence-corrected chi connectivity index (χ2v) is 8.39. The molecule has 0 unspecified atom stereocenters. The number of nitrogens with one attached hydrogen (secondary N) is 2. The summed E-state index contributed by atoms with van der Waals surface area (Å²) in [6.45, 7) is 4.89. The molecule has 1 aliphatic rings. The topological polar surface area (TPSA) is 60.6 Å². The number of fused-ring (bicyclic) bond motifs is 1. The molecule has 3 aromatic heterocycles. The molecule has 4 heterocycles. The second-order valence-electron chi connectivity index (χ2n) is 7.98. The molecule has 7 heteroatoms. The van der Waals surface area contributed by atoms with Gasteiger partial charge in [0.1, 0.15) is 17.3 Å². The zero-order chi connectivity index (χ0) is 20.7. The van der Waals surface area contributed by atoms with Crippen LogP contribution in [0.4, 0.5) is 4.39 Å². The smallest absolute Gasteiger partial charge is 0.141 e. The Hall–Kier alpha value is -2.70. The van der Waals surface area contributed by atoms with E-state index in [1.807, 2.05) is 19.2 Å². The van der Waals surface area contributed by atoms with E-state index in [9.17, 15) is 4.39 Å². The van der Waals surface area contributed by atoms with E-state index in [1.165, 1.54) is 17.0 Å². The van der Waals surface area contributed by atoms with Crippen LogP contribution in [-0.2, 0) is 6.54 Å². The Balaban J connectivity index is 1.26.